The van der Waals surface area contributed by atoms with Gasteiger partial charge in [0.1, 0.15) is 5.75 Å². The van der Waals surface area contributed by atoms with E-state index in [4.69, 9.17) is 4.74 Å². The maximum atomic E-state index is 11.9. The molecule has 1 aliphatic rings. The molecule has 1 heterocycles. The smallest absolute Gasteiger partial charge is 0.176 e. The van der Waals surface area contributed by atoms with E-state index in [1.807, 2.05) is 4.90 Å². The predicted molar refractivity (Wildman–Crippen MR) is 64.4 cm³/mol. The van der Waals surface area contributed by atoms with E-state index in [0.717, 1.165) is 18.7 Å². The first-order valence-electron chi connectivity index (χ1n) is 5.76. The number of nitrogens with zero attached hydrogens (tertiary/aromatic N) is 1. The molecule has 1 aromatic carbocycles. The van der Waals surface area contributed by atoms with Crippen molar-refractivity contribution in [3.63, 3.8) is 0 Å². The summed E-state index contributed by atoms with van der Waals surface area (Å²) in [6, 6.07) is 7.11. The van der Waals surface area contributed by atoms with Gasteiger partial charge in [-0.2, -0.15) is 0 Å². The molecule has 1 saturated heterocycles. The summed E-state index contributed by atoms with van der Waals surface area (Å²) in [7, 11) is 1.60. The number of carbonyl (C=O) groups excluding carboxylic acids is 1. The second-order valence-corrected chi connectivity index (χ2v) is 4.33. The average molecular weight is 235 g/mol. The number of hydrogen-bond donors (Lipinski definition) is 1. The number of aliphatic hydroxyl groups is 1. The Labute approximate surface area is 101 Å². The molecule has 0 amide bonds. The Morgan fingerprint density at radius 3 is 2.71 bits per heavy atom. The van der Waals surface area contributed by atoms with Crippen molar-refractivity contribution in [2.24, 2.45) is 0 Å². The Morgan fingerprint density at radius 1 is 1.47 bits per heavy atom. The fraction of sp³-hybridized carbons (Fsp3) is 0.462. The summed E-state index contributed by atoms with van der Waals surface area (Å²) in [5.74, 6) is 0.833. The minimum absolute atomic E-state index is 0.0850. The van der Waals surface area contributed by atoms with Crippen LogP contribution in [0.3, 0.4) is 0 Å². The zero-order valence-electron chi connectivity index (χ0n) is 9.93. The zero-order chi connectivity index (χ0) is 12.3. The van der Waals surface area contributed by atoms with E-state index in [-0.39, 0.29) is 11.9 Å². The lowest BCUT2D eigenvalue weighted by atomic mass is 10.1. The molecule has 0 aliphatic carbocycles. The Bertz CT molecular complexity index is 388. The molecule has 0 aromatic heterocycles. The molecule has 1 atom stereocenters. The predicted octanol–water partition coefficient (Wildman–Crippen LogP) is 0.945. The van der Waals surface area contributed by atoms with Crippen molar-refractivity contribution in [3.8, 4) is 5.75 Å². The van der Waals surface area contributed by atoms with Gasteiger partial charge >= 0.3 is 0 Å². The van der Waals surface area contributed by atoms with Gasteiger partial charge in [0.25, 0.3) is 0 Å². The van der Waals surface area contributed by atoms with Crippen LogP contribution in [0.1, 0.15) is 16.8 Å². The summed E-state index contributed by atoms with van der Waals surface area (Å²) < 4.78 is 5.04. The third kappa shape index (κ3) is 3.05. The van der Waals surface area contributed by atoms with Crippen LogP contribution >= 0.6 is 0 Å². The van der Waals surface area contributed by atoms with Gasteiger partial charge in [0.05, 0.1) is 19.8 Å². The largest absolute Gasteiger partial charge is 0.497 e. The van der Waals surface area contributed by atoms with E-state index < -0.39 is 0 Å². The number of β-amino-alcohol motifs (C(OH)–C–C–N with tert-alkyl or cyclic N) is 1. The van der Waals surface area contributed by atoms with Crippen molar-refractivity contribution in [2.45, 2.75) is 12.5 Å². The van der Waals surface area contributed by atoms with Crippen molar-refractivity contribution < 1.29 is 14.6 Å². The standard InChI is InChI=1S/C13H17NO3/c1-17-12-4-2-10(3-5-12)13(16)9-14-7-6-11(15)8-14/h2-5,11,15H,6-9H2,1H3. The van der Waals surface area contributed by atoms with Gasteiger partial charge in [-0.3, -0.25) is 9.69 Å². The van der Waals surface area contributed by atoms with Gasteiger partial charge in [0, 0.05) is 18.7 Å². The Morgan fingerprint density at radius 2 is 2.18 bits per heavy atom. The van der Waals surface area contributed by atoms with Crippen LogP contribution in [0.15, 0.2) is 24.3 Å². The number of likely N-dealkylation sites (tertiary alicyclic amines) is 1. The van der Waals surface area contributed by atoms with Crippen molar-refractivity contribution >= 4 is 5.78 Å². The van der Waals surface area contributed by atoms with Gasteiger partial charge in [-0.05, 0) is 30.7 Å². The van der Waals surface area contributed by atoms with Crippen molar-refractivity contribution in [2.75, 3.05) is 26.7 Å². The van der Waals surface area contributed by atoms with Crippen LogP contribution in [0, 0.1) is 0 Å². The highest BCUT2D eigenvalue weighted by molar-refractivity contribution is 5.97. The maximum absolute atomic E-state index is 11.9. The van der Waals surface area contributed by atoms with Crippen LogP contribution < -0.4 is 4.74 Å². The highest BCUT2D eigenvalue weighted by Gasteiger charge is 2.22. The summed E-state index contributed by atoms with van der Waals surface area (Å²) in [4.78, 5) is 13.9. The van der Waals surface area contributed by atoms with Crippen molar-refractivity contribution in [1.82, 2.24) is 4.90 Å². The van der Waals surface area contributed by atoms with Crippen LogP contribution in [0.2, 0.25) is 0 Å². The normalized spacial score (nSPS) is 20.5. The molecule has 17 heavy (non-hydrogen) atoms. The Hall–Kier alpha value is -1.39. The SMILES string of the molecule is COc1ccc(C(=O)CN2CCC(O)C2)cc1. The molecule has 1 aliphatic heterocycles. The first-order chi connectivity index (χ1) is 8.19. The molecular formula is C13H17NO3. The molecule has 4 heteroatoms. The van der Waals surface area contributed by atoms with Gasteiger partial charge in [-0.1, -0.05) is 0 Å². The van der Waals surface area contributed by atoms with E-state index in [1.54, 1.807) is 31.4 Å². The maximum Gasteiger partial charge on any atom is 0.176 e. The number of aliphatic hydroxyl groups excluding tert-OH is 1. The Kier molecular flexibility index (Phi) is 3.76. The summed E-state index contributed by atoms with van der Waals surface area (Å²) >= 11 is 0. The highest BCUT2D eigenvalue weighted by Crippen LogP contribution is 2.14. The third-order valence-electron chi connectivity index (χ3n) is 3.03. The molecule has 0 spiro atoms. The van der Waals surface area contributed by atoms with Gasteiger partial charge in [-0.15, -0.1) is 0 Å². The monoisotopic (exact) mass is 235 g/mol. The Balaban J connectivity index is 1.94. The fourth-order valence-corrected chi connectivity index (χ4v) is 2.03. The number of benzene rings is 1. The topological polar surface area (TPSA) is 49.8 Å². The van der Waals surface area contributed by atoms with Crippen molar-refractivity contribution in [3.05, 3.63) is 29.8 Å². The number of rotatable bonds is 4. The lowest BCUT2D eigenvalue weighted by Gasteiger charge is -2.13. The van der Waals surface area contributed by atoms with Crippen LogP contribution in [0.25, 0.3) is 0 Å². The number of hydrogen-bond acceptors (Lipinski definition) is 4. The molecule has 1 aromatic rings. The van der Waals surface area contributed by atoms with Gasteiger partial charge in [-0.25, -0.2) is 0 Å². The minimum Gasteiger partial charge on any atom is -0.497 e. The molecule has 92 valence electrons. The number of ketones is 1. The van der Waals surface area contributed by atoms with E-state index in [2.05, 4.69) is 0 Å². The van der Waals surface area contributed by atoms with Crippen molar-refractivity contribution in [1.29, 1.82) is 0 Å². The third-order valence-corrected chi connectivity index (χ3v) is 3.03. The lowest BCUT2D eigenvalue weighted by Crippen LogP contribution is -2.28. The average Bonchev–Trinajstić information content (AvgIpc) is 2.75. The van der Waals surface area contributed by atoms with E-state index in [9.17, 15) is 9.90 Å². The summed E-state index contributed by atoms with van der Waals surface area (Å²) in [5.41, 5.74) is 0.687. The first kappa shape index (κ1) is 12.1. The lowest BCUT2D eigenvalue weighted by molar-refractivity contribution is 0.0935. The van der Waals surface area contributed by atoms with Gasteiger partial charge in [0.2, 0.25) is 0 Å². The van der Waals surface area contributed by atoms with E-state index >= 15 is 0 Å². The van der Waals surface area contributed by atoms with Crippen LogP contribution in [-0.4, -0.2) is 48.6 Å². The fourth-order valence-electron chi connectivity index (χ4n) is 2.03. The quantitative estimate of drug-likeness (QED) is 0.789. The number of Topliss-reactive ketones (excluding diaryl/α,β-unsaturated/α-hetero) is 1. The van der Waals surface area contributed by atoms with Gasteiger partial charge < -0.3 is 9.84 Å². The van der Waals surface area contributed by atoms with Crippen LogP contribution in [0.5, 0.6) is 5.75 Å². The molecule has 1 N–H and O–H groups in total. The second-order valence-electron chi connectivity index (χ2n) is 4.33. The van der Waals surface area contributed by atoms with Crippen LogP contribution in [0.4, 0.5) is 0 Å². The summed E-state index contributed by atoms with van der Waals surface area (Å²) in [6.07, 6.45) is 0.481. The first-order valence-corrected chi connectivity index (χ1v) is 5.76. The molecular weight excluding hydrogens is 218 g/mol. The number of ether oxygens (including phenoxy) is 1. The summed E-state index contributed by atoms with van der Waals surface area (Å²) in [6.45, 7) is 1.77. The molecule has 0 bridgehead atoms. The van der Waals surface area contributed by atoms with E-state index in [0.29, 0.717) is 18.7 Å². The molecule has 0 radical (unpaired) electrons. The molecule has 0 saturated carbocycles. The van der Waals surface area contributed by atoms with E-state index in [1.165, 1.54) is 0 Å². The van der Waals surface area contributed by atoms with Gasteiger partial charge in [0.15, 0.2) is 5.78 Å². The molecule has 2 rings (SSSR count). The highest BCUT2D eigenvalue weighted by atomic mass is 16.5. The zero-order valence-corrected chi connectivity index (χ0v) is 9.93. The van der Waals surface area contributed by atoms with Crippen LogP contribution in [-0.2, 0) is 0 Å². The molecule has 1 fully saturated rings. The summed E-state index contributed by atoms with van der Waals surface area (Å²) in [5, 5.41) is 9.38. The number of methoxy groups -OCH3 is 1. The number of carbonyl (C=O) groups is 1. The minimum atomic E-state index is -0.279. The second kappa shape index (κ2) is 5.29. The molecule has 4 nitrogen and oxygen atoms in total. The molecule has 1 unspecified atom stereocenters.